The molecule has 0 fully saturated rings. The second-order valence-electron chi connectivity index (χ2n) is 4.09. The van der Waals surface area contributed by atoms with Crippen LogP contribution in [0.5, 0.6) is 0 Å². The Labute approximate surface area is 96.9 Å². The van der Waals surface area contributed by atoms with E-state index in [1.54, 1.807) is 0 Å². The molecule has 0 saturated heterocycles. The highest BCUT2D eigenvalue weighted by atomic mass is 14.6. The van der Waals surface area contributed by atoms with Crippen LogP contribution in [0.2, 0.25) is 0 Å². The van der Waals surface area contributed by atoms with E-state index in [2.05, 4.69) is 24.3 Å². The fraction of sp³-hybridized carbons (Fsp3) is 0.200. The van der Waals surface area contributed by atoms with Gasteiger partial charge in [0.25, 0.3) is 0 Å². The summed E-state index contributed by atoms with van der Waals surface area (Å²) in [5.41, 5.74) is 10.4. The molecule has 0 aliphatic carbocycles. The molecule has 0 unspecified atom stereocenters. The van der Waals surface area contributed by atoms with Gasteiger partial charge in [-0.1, -0.05) is 60.7 Å². The van der Waals surface area contributed by atoms with Crippen LogP contribution in [0.1, 0.15) is 24.0 Å². The molecule has 0 heterocycles. The summed E-state index contributed by atoms with van der Waals surface area (Å²) in [5, 5.41) is 0. The zero-order valence-electron chi connectivity index (χ0n) is 9.43. The molecule has 1 heteroatoms. The van der Waals surface area contributed by atoms with E-state index < -0.39 is 0 Å². The lowest BCUT2D eigenvalue weighted by Crippen LogP contribution is -2.17. The zero-order valence-corrected chi connectivity index (χ0v) is 9.43. The fourth-order valence-corrected chi connectivity index (χ4v) is 2.09. The molecule has 0 saturated carbocycles. The topological polar surface area (TPSA) is 23.8 Å². The average Bonchev–Trinajstić information content (AvgIpc) is 2.31. The van der Waals surface area contributed by atoms with E-state index in [-0.39, 0.29) is 12.0 Å². The van der Waals surface area contributed by atoms with Gasteiger partial charge in [-0.15, -0.1) is 0 Å². The van der Waals surface area contributed by atoms with Gasteiger partial charge in [0.05, 0.1) is 0 Å². The maximum atomic E-state index is 8.01. The molecule has 1 radical (unpaired) electrons. The number of hydrogen-bond acceptors (Lipinski definition) is 0. The highest BCUT2D eigenvalue weighted by Crippen LogP contribution is 2.27. The minimum Gasteiger partial charge on any atom is -0.254 e. The van der Waals surface area contributed by atoms with Gasteiger partial charge < -0.3 is 0 Å². The molecule has 2 rings (SSSR count). The summed E-state index contributed by atoms with van der Waals surface area (Å²) in [6, 6.07) is 20.4. The van der Waals surface area contributed by atoms with E-state index in [9.17, 15) is 0 Å². The summed E-state index contributed by atoms with van der Waals surface area (Å²) in [5.74, 6) is 0.169. The molecule has 1 N–H and O–H groups in total. The predicted octanol–water partition coefficient (Wildman–Crippen LogP) is 3.49. The Bertz CT molecular complexity index is 380. The van der Waals surface area contributed by atoms with Crippen LogP contribution in [0.15, 0.2) is 60.7 Å². The first kappa shape index (κ1) is 10.9. The Balaban J connectivity index is 2.40. The third kappa shape index (κ3) is 2.31. The van der Waals surface area contributed by atoms with Gasteiger partial charge in [0, 0.05) is 12.0 Å². The minimum atomic E-state index is -0.134. The fourth-order valence-electron chi connectivity index (χ4n) is 2.09. The van der Waals surface area contributed by atoms with Crippen molar-refractivity contribution >= 4 is 0 Å². The van der Waals surface area contributed by atoms with Crippen LogP contribution in [0, 0.1) is 0 Å². The van der Waals surface area contributed by atoms with Crippen molar-refractivity contribution in [1.29, 1.82) is 0 Å². The summed E-state index contributed by atoms with van der Waals surface area (Å²) >= 11 is 0. The summed E-state index contributed by atoms with van der Waals surface area (Å²) < 4.78 is 0. The highest BCUT2D eigenvalue weighted by molar-refractivity contribution is 5.33. The standard InChI is InChI=1S/C15H16N/c1-12(16)15(13-8-4-2-5-9-13)14-10-6-3-7-11-14/h2-12,15-16H,1H3/t12-/m0/s1. The SMILES string of the molecule is C[C@H]([NH])C(c1ccccc1)c1ccccc1. The van der Waals surface area contributed by atoms with Crippen molar-refractivity contribution in [3.63, 3.8) is 0 Å². The average molecular weight is 210 g/mol. The normalized spacial score (nSPS) is 12.7. The third-order valence-electron chi connectivity index (χ3n) is 2.82. The first-order valence-electron chi connectivity index (χ1n) is 5.60. The number of hydrogen-bond donors (Lipinski definition) is 0. The lowest BCUT2D eigenvalue weighted by atomic mass is 9.86. The largest absolute Gasteiger partial charge is 0.254 e. The maximum absolute atomic E-state index is 8.01. The molecule has 1 atom stereocenters. The Morgan fingerprint density at radius 1 is 0.750 bits per heavy atom. The predicted molar refractivity (Wildman–Crippen MR) is 67.3 cm³/mol. The maximum Gasteiger partial charge on any atom is 0.0294 e. The van der Waals surface area contributed by atoms with Crippen LogP contribution < -0.4 is 5.73 Å². The summed E-state index contributed by atoms with van der Waals surface area (Å²) in [6.07, 6.45) is 0. The van der Waals surface area contributed by atoms with Gasteiger partial charge in [-0.05, 0) is 18.1 Å². The van der Waals surface area contributed by atoms with Gasteiger partial charge in [-0.3, -0.25) is 5.73 Å². The summed E-state index contributed by atoms with van der Waals surface area (Å²) in [4.78, 5) is 0. The van der Waals surface area contributed by atoms with E-state index in [0.29, 0.717) is 0 Å². The van der Waals surface area contributed by atoms with Crippen molar-refractivity contribution in [3.05, 3.63) is 71.8 Å². The van der Waals surface area contributed by atoms with Gasteiger partial charge >= 0.3 is 0 Å². The summed E-state index contributed by atoms with van der Waals surface area (Å²) in [7, 11) is 0. The molecule has 2 aromatic carbocycles. The molecule has 0 aromatic heterocycles. The minimum absolute atomic E-state index is 0.134. The molecule has 81 valence electrons. The van der Waals surface area contributed by atoms with Crippen LogP contribution in [-0.2, 0) is 0 Å². The Hall–Kier alpha value is -1.60. The number of nitrogens with one attached hydrogen (secondary N) is 1. The molecule has 0 bridgehead atoms. The quantitative estimate of drug-likeness (QED) is 0.740. The van der Waals surface area contributed by atoms with Crippen LogP contribution in [0.3, 0.4) is 0 Å². The van der Waals surface area contributed by atoms with Gasteiger partial charge in [-0.25, -0.2) is 0 Å². The van der Waals surface area contributed by atoms with E-state index in [1.807, 2.05) is 43.3 Å². The van der Waals surface area contributed by atoms with Crippen molar-refractivity contribution in [1.82, 2.24) is 5.73 Å². The number of benzene rings is 2. The van der Waals surface area contributed by atoms with Crippen molar-refractivity contribution in [2.24, 2.45) is 0 Å². The van der Waals surface area contributed by atoms with E-state index in [0.717, 1.165) is 0 Å². The molecule has 0 amide bonds. The molecule has 0 spiro atoms. The van der Waals surface area contributed by atoms with Gasteiger partial charge in [0.2, 0.25) is 0 Å². The van der Waals surface area contributed by atoms with Crippen LogP contribution in [0.4, 0.5) is 0 Å². The number of rotatable bonds is 3. The lowest BCUT2D eigenvalue weighted by Gasteiger charge is -2.21. The van der Waals surface area contributed by atoms with Gasteiger partial charge in [-0.2, -0.15) is 0 Å². The molecule has 16 heavy (non-hydrogen) atoms. The second-order valence-corrected chi connectivity index (χ2v) is 4.09. The van der Waals surface area contributed by atoms with Crippen molar-refractivity contribution in [2.45, 2.75) is 18.9 Å². The van der Waals surface area contributed by atoms with Crippen LogP contribution in [-0.4, -0.2) is 6.04 Å². The molecule has 0 aliphatic heterocycles. The van der Waals surface area contributed by atoms with E-state index in [4.69, 9.17) is 5.73 Å². The zero-order chi connectivity index (χ0) is 11.4. The first-order chi connectivity index (χ1) is 7.79. The Morgan fingerprint density at radius 3 is 1.44 bits per heavy atom. The van der Waals surface area contributed by atoms with Crippen LogP contribution in [0.25, 0.3) is 0 Å². The molecule has 1 nitrogen and oxygen atoms in total. The highest BCUT2D eigenvalue weighted by Gasteiger charge is 2.18. The van der Waals surface area contributed by atoms with Crippen molar-refractivity contribution in [2.75, 3.05) is 0 Å². The third-order valence-corrected chi connectivity index (χ3v) is 2.82. The lowest BCUT2D eigenvalue weighted by molar-refractivity contribution is 0.627. The second kappa shape index (κ2) is 4.95. The summed E-state index contributed by atoms with van der Waals surface area (Å²) in [6.45, 7) is 1.95. The van der Waals surface area contributed by atoms with Crippen LogP contribution >= 0.6 is 0 Å². The molecule has 0 aliphatic rings. The molecular formula is C15H16N. The van der Waals surface area contributed by atoms with Gasteiger partial charge in [0.15, 0.2) is 0 Å². The monoisotopic (exact) mass is 210 g/mol. The van der Waals surface area contributed by atoms with Crippen molar-refractivity contribution < 1.29 is 0 Å². The van der Waals surface area contributed by atoms with Crippen molar-refractivity contribution in [3.8, 4) is 0 Å². The Morgan fingerprint density at radius 2 is 1.12 bits per heavy atom. The Kier molecular flexibility index (Phi) is 3.37. The smallest absolute Gasteiger partial charge is 0.0294 e. The van der Waals surface area contributed by atoms with Gasteiger partial charge in [0.1, 0.15) is 0 Å². The molecular weight excluding hydrogens is 194 g/mol. The van der Waals surface area contributed by atoms with E-state index in [1.165, 1.54) is 11.1 Å². The van der Waals surface area contributed by atoms with E-state index >= 15 is 0 Å². The molecule has 2 aromatic rings. The first-order valence-corrected chi connectivity index (χ1v) is 5.60.